The molecule has 0 aliphatic heterocycles. The minimum absolute atomic E-state index is 0.480. The molecule has 100 valence electrons. The summed E-state index contributed by atoms with van der Waals surface area (Å²) in [5.74, 6) is 1.69. The highest BCUT2D eigenvalue weighted by atomic mass is 127. The van der Waals surface area contributed by atoms with Gasteiger partial charge in [-0.3, -0.25) is 0 Å². The van der Waals surface area contributed by atoms with Crippen molar-refractivity contribution in [1.82, 2.24) is 0 Å². The molecule has 0 aliphatic rings. The van der Waals surface area contributed by atoms with Gasteiger partial charge in [0.1, 0.15) is 24.7 Å². The third-order valence-corrected chi connectivity index (χ3v) is 3.27. The molecule has 2 N–H and O–H groups in total. The summed E-state index contributed by atoms with van der Waals surface area (Å²) >= 11 is 2.26. The first-order chi connectivity index (χ1) is 9.29. The second-order valence-corrected chi connectivity index (χ2v) is 5.21. The minimum Gasteiger partial charge on any atom is -0.490 e. The van der Waals surface area contributed by atoms with Gasteiger partial charge in [-0.2, -0.15) is 0 Å². The van der Waals surface area contributed by atoms with E-state index < -0.39 is 0 Å². The molecular weight excluding hydrogens is 353 g/mol. The Morgan fingerprint density at radius 2 is 1.74 bits per heavy atom. The topological polar surface area (TPSA) is 44.5 Å². The number of para-hydroxylation sites is 1. The Morgan fingerprint density at radius 1 is 0.947 bits per heavy atom. The lowest BCUT2D eigenvalue weighted by Gasteiger charge is -2.11. The van der Waals surface area contributed by atoms with Gasteiger partial charge in [-0.25, -0.2) is 0 Å². The van der Waals surface area contributed by atoms with Gasteiger partial charge in [0.25, 0.3) is 0 Å². The lowest BCUT2D eigenvalue weighted by Crippen LogP contribution is -2.10. The van der Waals surface area contributed by atoms with Crippen molar-refractivity contribution >= 4 is 22.6 Å². The van der Waals surface area contributed by atoms with Gasteiger partial charge < -0.3 is 15.2 Å². The Morgan fingerprint density at radius 3 is 2.53 bits per heavy atom. The van der Waals surface area contributed by atoms with Gasteiger partial charge in [0, 0.05) is 15.7 Å². The van der Waals surface area contributed by atoms with Crippen LogP contribution in [0.25, 0.3) is 0 Å². The molecule has 0 bridgehead atoms. The maximum absolute atomic E-state index is 5.67. The van der Waals surface area contributed by atoms with Gasteiger partial charge in [0.05, 0.1) is 0 Å². The van der Waals surface area contributed by atoms with Crippen LogP contribution in [0.2, 0.25) is 0 Å². The standard InChI is InChI=1S/C15H16INO2/c16-13-5-3-6-14(10-13)18-8-9-19-15-7-2-1-4-12(15)11-17/h1-7,10H,8-9,11,17H2. The van der Waals surface area contributed by atoms with Crippen molar-refractivity contribution in [2.75, 3.05) is 13.2 Å². The van der Waals surface area contributed by atoms with Gasteiger partial charge in [-0.05, 0) is 46.9 Å². The molecule has 2 rings (SSSR count). The zero-order valence-electron chi connectivity index (χ0n) is 10.5. The fraction of sp³-hybridized carbons (Fsp3) is 0.200. The molecule has 0 spiro atoms. The van der Waals surface area contributed by atoms with E-state index in [1.54, 1.807) is 0 Å². The quantitative estimate of drug-likeness (QED) is 0.628. The molecule has 0 radical (unpaired) electrons. The summed E-state index contributed by atoms with van der Waals surface area (Å²) in [5.41, 5.74) is 6.66. The van der Waals surface area contributed by atoms with E-state index >= 15 is 0 Å². The van der Waals surface area contributed by atoms with Crippen molar-refractivity contribution in [1.29, 1.82) is 0 Å². The zero-order valence-corrected chi connectivity index (χ0v) is 12.7. The Labute approximate surface area is 126 Å². The average molecular weight is 369 g/mol. The number of halogens is 1. The fourth-order valence-corrected chi connectivity index (χ4v) is 2.20. The molecule has 0 aliphatic carbocycles. The second kappa shape index (κ2) is 7.35. The van der Waals surface area contributed by atoms with E-state index in [2.05, 4.69) is 22.6 Å². The van der Waals surface area contributed by atoms with E-state index in [-0.39, 0.29) is 0 Å². The van der Waals surface area contributed by atoms with Crippen LogP contribution in [0, 0.1) is 3.57 Å². The van der Waals surface area contributed by atoms with Gasteiger partial charge >= 0.3 is 0 Å². The third kappa shape index (κ3) is 4.40. The van der Waals surface area contributed by atoms with Crippen LogP contribution in [0.1, 0.15) is 5.56 Å². The second-order valence-electron chi connectivity index (χ2n) is 3.97. The van der Waals surface area contributed by atoms with E-state index in [1.165, 1.54) is 0 Å². The maximum Gasteiger partial charge on any atom is 0.123 e. The Balaban J connectivity index is 1.81. The molecule has 3 nitrogen and oxygen atoms in total. The van der Waals surface area contributed by atoms with E-state index in [0.29, 0.717) is 19.8 Å². The van der Waals surface area contributed by atoms with Crippen LogP contribution in [-0.2, 0) is 6.54 Å². The molecule has 0 heterocycles. The van der Waals surface area contributed by atoms with Gasteiger partial charge in [-0.1, -0.05) is 24.3 Å². The Hall–Kier alpha value is -1.27. The van der Waals surface area contributed by atoms with Crippen LogP contribution >= 0.6 is 22.6 Å². The largest absolute Gasteiger partial charge is 0.490 e. The number of nitrogens with two attached hydrogens (primary N) is 1. The highest BCUT2D eigenvalue weighted by Crippen LogP contribution is 2.17. The number of rotatable bonds is 6. The average Bonchev–Trinajstić information content (AvgIpc) is 2.44. The number of hydrogen-bond donors (Lipinski definition) is 1. The highest BCUT2D eigenvalue weighted by molar-refractivity contribution is 14.1. The van der Waals surface area contributed by atoms with E-state index in [0.717, 1.165) is 20.6 Å². The molecule has 2 aromatic carbocycles. The van der Waals surface area contributed by atoms with Crippen molar-refractivity contribution in [2.45, 2.75) is 6.54 Å². The molecule has 0 unspecified atom stereocenters. The van der Waals surface area contributed by atoms with Crippen LogP contribution in [0.5, 0.6) is 11.5 Å². The van der Waals surface area contributed by atoms with E-state index in [9.17, 15) is 0 Å². The predicted molar refractivity (Wildman–Crippen MR) is 84.5 cm³/mol. The molecule has 0 amide bonds. The molecule has 2 aromatic rings. The van der Waals surface area contributed by atoms with Crippen molar-refractivity contribution < 1.29 is 9.47 Å². The summed E-state index contributed by atoms with van der Waals surface area (Å²) in [6, 6.07) is 15.7. The van der Waals surface area contributed by atoms with Gasteiger partial charge in [0.2, 0.25) is 0 Å². The maximum atomic E-state index is 5.67. The van der Waals surface area contributed by atoms with E-state index in [1.807, 2.05) is 48.5 Å². The summed E-state index contributed by atoms with van der Waals surface area (Å²) in [6.07, 6.45) is 0. The van der Waals surface area contributed by atoms with Crippen molar-refractivity contribution in [3.63, 3.8) is 0 Å². The van der Waals surface area contributed by atoms with Crippen molar-refractivity contribution in [3.05, 3.63) is 57.7 Å². The Kier molecular flexibility index (Phi) is 5.47. The normalized spacial score (nSPS) is 10.2. The SMILES string of the molecule is NCc1ccccc1OCCOc1cccc(I)c1. The van der Waals surface area contributed by atoms with E-state index in [4.69, 9.17) is 15.2 Å². The number of benzene rings is 2. The molecular formula is C15H16INO2. The van der Waals surface area contributed by atoms with Crippen LogP contribution in [0.4, 0.5) is 0 Å². The summed E-state index contributed by atoms with van der Waals surface area (Å²) in [6.45, 7) is 1.50. The fourth-order valence-electron chi connectivity index (χ4n) is 1.68. The summed E-state index contributed by atoms with van der Waals surface area (Å²) in [7, 11) is 0. The van der Waals surface area contributed by atoms with Gasteiger partial charge in [-0.15, -0.1) is 0 Å². The number of ether oxygens (including phenoxy) is 2. The first-order valence-corrected chi connectivity index (χ1v) is 7.16. The predicted octanol–water partition coefficient (Wildman–Crippen LogP) is 3.21. The number of hydrogen-bond acceptors (Lipinski definition) is 3. The molecule has 0 fully saturated rings. The lowest BCUT2D eigenvalue weighted by atomic mass is 10.2. The van der Waals surface area contributed by atoms with Crippen LogP contribution in [-0.4, -0.2) is 13.2 Å². The first kappa shape index (κ1) is 14.1. The van der Waals surface area contributed by atoms with Crippen LogP contribution < -0.4 is 15.2 Å². The molecule has 0 saturated heterocycles. The monoisotopic (exact) mass is 369 g/mol. The molecule has 0 atom stereocenters. The molecule has 0 aromatic heterocycles. The van der Waals surface area contributed by atoms with Crippen LogP contribution in [0.3, 0.4) is 0 Å². The lowest BCUT2D eigenvalue weighted by molar-refractivity contribution is 0.216. The third-order valence-electron chi connectivity index (χ3n) is 2.60. The summed E-state index contributed by atoms with van der Waals surface area (Å²) in [4.78, 5) is 0. The Bertz CT molecular complexity index is 531. The van der Waals surface area contributed by atoms with Gasteiger partial charge in [0.15, 0.2) is 0 Å². The molecule has 19 heavy (non-hydrogen) atoms. The van der Waals surface area contributed by atoms with Crippen molar-refractivity contribution in [3.8, 4) is 11.5 Å². The summed E-state index contributed by atoms with van der Waals surface area (Å²) < 4.78 is 12.5. The van der Waals surface area contributed by atoms with Crippen molar-refractivity contribution in [2.24, 2.45) is 5.73 Å². The molecule has 0 saturated carbocycles. The molecule has 4 heteroatoms. The minimum atomic E-state index is 0.480. The first-order valence-electron chi connectivity index (χ1n) is 6.09. The zero-order chi connectivity index (χ0) is 13.5. The summed E-state index contributed by atoms with van der Waals surface area (Å²) in [5, 5.41) is 0. The van der Waals surface area contributed by atoms with Crippen LogP contribution in [0.15, 0.2) is 48.5 Å². The smallest absolute Gasteiger partial charge is 0.123 e. The highest BCUT2D eigenvalue weighted by Gasteiger charge is 2.01.